The maximum atomic E-state index is 8.58. The topological polar surface area (TPSA) is 43.7 Å². The van der Waals surface area contributed by atoms with Crippen LogP contribution < -0.4 is 0 Å². The fraction of sp³-hybridized carbons (Fsp3) is 1.00. The van der Waals surface area contributed by atoms with Gasteiger partial charge in [0.25, 0.3) is 0 Å². The maximum Gasteiger partial charge on any atom is 0.0558 e. The zero-order valence-corrected chi connectivity index (χ0v) is 8.00. The molecule has 0 bridgehead atoms. The van der Waals surface area contributed by atoms with Gasteiger partial charge in [-0.05, 0) is 32.9 Å². The van der Waals surface area contributed by atoms with Crippen molar-refractivity contribution in [3.8, 4) is 0 Å². The van der Waals surface area contributed by atoms with Gasteiger partial charge in [-0.25, -0.2) is 0 Å². The van der Waals surface area contributed by atoms with Crippen LogP contribution in [0.25, 0.3) is 0 Å². The number of aliphatic hydroxyl groups excluding tert-OH is 2. The summed E-state index contributed by atoms with van der Waals surface area (Å²) in [5, 5.41) is 16.1. The van der Waals surface area contributed by atoms with Crippen molar-refractivity contribution in [3.63, 3.8) is 0 Å². The Morgan fingerprint density at radius 1 is 1.08 bits per heavy atom. The summed E-state index contributed by atoms with van der Waals surface area (Å²) in [5.41, 5.74) is 0. The number of β-amino-alcohol motifs (C(OH)–C–C–N with tert-alkyl or cyclic N) is 1. The molecule has 0 saturated carbocycles. The zero-order valence-electron chi connectivity index (χ0n) is 8.00. The molecule has 0 atom stereocenters. The van der Waals surface area contributed by atoms with Gasteiger partial charge < -0.3 is 15.1 Å². The summed E-state index contributed by atoms with van der Waals surface area (Å²) in [6.07, 6.45) is 4.02. The van der Waals surface area contributed by atoms with Crippen molar-refractivity contribution in [2.75, 3.05) is 32.8 Å². The van der Waals surface area contributed by atoms with E-state index in [2.05, 4.69) is 4.90 Å². The molecule has 1 saturated heterocycles. The molecule has 0 amide bonds. The molecule has 2 N–H and O–H groups in total. The van der Waals surface area contributed by atoms with Gasteiger partial charge in [-0.3, -0.25) is 0 Å². The van der Waals surface area contributed by atoms with E-state index in [1.165, 1.54) is 32.4 Å². The molecule has 0 aliphatic carbocycles. The van der Waals surface area contributed by atoms with E-state index in [1.54, 1.807) is 6.92 Å². The van der Waals surface area contributed by atoms with E-state index < -0.39 is 0 Å². The van der Waals surface area contributed by atoms with Crippen molar-refractivity contribution in [1.82, 2.24) is 4.90 Å². The summed E-state index contributed by atoms with van der Waals surface area (Å²) in [5.74, 6) is 0. The molecule has 1 fully saturated rings. The second-order valence-electron chi connectivity index (χ2n) is 2.94. The molecule has 0 radical (unpaired) electrons. The largest absolute Gasteiger partial charge is 0.397 e. The van der Waals surface area contributed by atoms with Crippen molar-refractivity contribution < 1.29 is 10.2 Å². The first-order valence-electron chi connectivity index (χ1n) is 4.79. The summed E-state index contributed by atoms with van der Waals surface area (Å²) in [7, 11) is 0. The van der Waals surface area contributed by atoms with Gasteiger partial charge in [-0.15, -0.1) is 0 Å². The van der Waals surface area contributed by atoms with Crippen LogP contribution in [0.2, 0.25) is 0 Å². The summed E-state index contributed by atoms with van der Waals surface area (Å²) < 4.78 is 0. The summed E-state index contributed by atoms with van der Waals surface area (Å²) >= 11 is 0. The minimum atomic E-state index is 0.250. The highest BCUT2D eigenvalue weighted by Crippen LogP contribution is 2.06. The first-order chi connectivity index (χ1) is 5.85. The number of piperidine rings is 1. The number of aliphatic hydroxyl groups is 2. The highest BCUT2D eigenvalue weighted by atomic mass is 16.3. The van der Waals surface area contributed by atoms with Gasteiger partial charge in [0.05, 0.1) is 6.61 Å². The number of hydrogen-bond donors (Lipinski definition) is 2. The minimum absolute atomic E-state index is 0.250. The summed E-state index contributed by atoms with van der Waals surface area (Å²) in [6.45, 7) is 5.52. The lowest BCUT2D eigenvalue weighted by atomic mass is 10.1. The molecular formula is C9H21NO2. The fourth-order valence-electron chi connectivity index (χ4n) is 1.32. The maximum absolute atomic E-state index is 8.58. The molecule has 0 aromatic heterocycles. The van der Waals surface area contributed by atoms with Crippen LogP contribution in [0.15, 0.2) is 0 Å². The number of hydrogen-bond acceptors (Lipinski definition) is 3. The predicted molar refractivity (Wildman–Crippen MR) is 50.1 cm³/mol. The van der Waals surface area contributed by atoms with Gasteiger partial charge in [-0.2, -0.15) is 0 Å². The average Bonchev–Trinajstić information content (AvgIpc) is 2.08. The Bertz CT molecular complexity index is 79.8. The van der Waals surface area contributed by atoms with Crippen LogP contribution in [0.3, 0.4) is 0 Å². The van der Waals surface area contributed by atoms with Crippen molar-refractivity contribution in [3.05, 3.63) is 0 Å². The van der Waals surface area contributed by atoms with E-state index in [9.17, 15) is 0 Å². The van der Waals surface area contributed by atoms with E-state index in [0.29, 0.717) is 6.61 Å². The van der Waals surface area contributed by atoms with Crippen LogP contribution in [0.4, 0.5) is 0 Å². The van der Waals surface area contributed by atoms with Gasteiger partial charge in [0.15, 0.2) is 0 Å². The first-order valence-corrected chi connectivity index (χ1v) is 4.79. The molecule has 1 heterocycles. The Morgan fingerprint density at radius 2 is 1.58 bits per heavy atom. The van der Waals surface area contributed by atoms with Crippen LogP contribution in [-0.4, -0.2) is 48.0 Å². The number of rotatable bonds is 2. The van der Waals surface area contributed by atoms with Crippen LogP contribution in [0.1, 0.15) is 26.2 Å². The second-order valence-corrected chi connectivity index (χ2v) is 2.94. The molecule has 1 aliphatic heterocycles. The van der Waals surface area contributed by atoms with Crippen molar-refractivity contribution in [2.45, 2.75) is 26.2 Å². The molecule has 0 spiro atoms. The molecule has 1 rings (SSSR count). The molecule has 3 heteroatoms. The molecule has 12 heavy (non-hydrogen) atoms. The van der Waals surface area contributed by atoms with Crippen LogP contribution in [-0.2, 0) is 0 Å². The molecule has 74 valence electrons. The molecule has 1 aliphatic rings. The van der Waals surface area contributed by atoms with E-state index >= 15 is 0 Å². The zero-order chi connectivity index (χ0) is 9.23. The van der Waals surface area contributed by atoms with E-state index in [-0.39, 0.29) is 6.61 Å². The van der Waals surface area contributed by atoms with Crippen LogP contribution in [0, 0.1) is 0 Å². The Hall–Kier alpha value is -0.120. The van der Waals surface area contributed by atoms with E-state index in [0.717, 1.165) is 6.54 Å². The fourth-order valence-corrected chi connectivity index (χ4v) is 1.32. The Balaban J connectivity index is 0.000000354. The third-order valence-corrected chi connectivity index (χ3v) is 1.86. The smallest absolute Gasteiger partial charge is 0.0558 e. The average molecular weight is 175 g/mol. The molecular weight excluding hydrogens is 154 g/mol. The first kappa shape index (κ1) is 11.9. The molecule has 0 aromatic carbocycles. The minimum Gasteiger partial charge on any atom is -0.397 e. The summed E-state index contributed by atoms with van der Waals surface area (Å²) in [4.78, 5) is 2.32. The third-order valence-electron chi connectivity index (χ3n) is 1.86. The second kappa shape index (κ2) is 8.97. The highest BCUT2D eigenvalue weighted by molar-refractivity contribution is 4.62. The van der Waals surface area contributed by atoms with Crippen LogP contribution in [0.5, 0.6) is 0 Å². The monoisotopic (exact) mass is 175 g/mol. The van der Waals surface area contributed by atoms with Gasteiger partial charge in [0.1, 0.15) is 0 Å². The van der Waals surface area contributed by atoms with E-state index in [4.69, 9.17) is 10.2 Å². The molecule has 3 nitrogen and oxygen atoms in total. The third kappa shape index (κ3) is 6.58. The van der Waals surface area contributed by atoms with Crippen LogP contribution >= 0.6 is 0 Å². The van der Waals surface area contributed by atoms with Gasteiger partial charge >= 0.3 is 0 Å². The lowest BCUT2D eigenvalue weighted by Gasteiger charge is -2.25. The number of likely N-dealkylation sites (tertiary alicyclic amines) is 1. The number of nitrogens with zero attached hydrogens (tertiary/aromatic N) is 1. The highest BCUT2D eigenvalue weighted by Gasteiger charge is 2.07. The molecule has 0 unspecified atom stereocenters. The van der Waals surface area contributed by atoms with Gasteiger partial charge in [0.2, 0.25) is 0 Å². The predicted octanol–water partition coefficient (Wildman–Crippen LogP) is 0.463. The standard InChI is InChI=1S/C7H15NO.C2H6O/c9-7-6-8-4-2-1-3-5-8;1-2-3/h9H,1-7H2;3H,2H2,1H3. The van der Waals surface area contributed by atoms with Gasteiger partial charge in [0, 0.05) is 13.2 Å². The lowest BCUT2D eigenvalue weighted by molar-refractivity contribution is 0.173. The van der Waals surface area contributed by atoms with Gasteiger partial charge in [-0.1, -0.05) is 6.42 Å². The van der Waals surface area contributed by atoms with Crippen molar-refractivity contribution in [2.24, 2.45) is 0 Å². The summed E-state index contributed by atoms with van der Waals surface area (Å²) in [6, 6.07) is 0. The van der Waals surface area contributed by atoms with E-state index in [1.807, 2.05) is 0 Å². The van der Waals surface area contributed by atoms with Crippen molar-refractivity contribution in [1.29, 1.82) is 0 Å². The Morgan fingerprint density at radius 3 is 2.00 bits per heavy atom. The Labute approximate surface area is 75.0 Å². The quantitative estimate of drug-likeness (QED) is 0.641. The normalized spacial score (nSPS) is 18.2. The SMILES string of the molecule is CCO.OCCN1CCCCC1. The Kier molecular flexibility index (Phi) is 8.88. The lowest BCUT2D eigenvalue weighted by Crippen LogP contribution is -2.31. The molecule has 0 aromatic rings. The van der Waals surface area contributed by atoms with Crippen molar-refractivity contribution >= 4 is 0 Å².